The first-order valence-corrected chi connectivity index (χ1v) is 20.2. The van der Waals surface area contributed by atoms with Crippen molar-refractivity contribution in [3.63, 3.8) is 0 Å². The van der Waals surface area contributed by atoms with E-state index >= 15 is 0 Å². The van der Waals surface area contributed by atoms with E-state index in [1.807, 2.05) is 0 Å². The molecular formula is C36H51N7O2Si. The molecule has 2 N–H and O–H groups in total. The maximum Gasteiger partial charge on any atom is 0.318 e. The number of rotatable bonds is 9. The van der Waals surface area contributed by atoms with Crippen LogP contribution in [-0.4, -0.2) is 91.7 Å². The van der Waals surface area contributed by atoms with Gasteiger partial charge in [0.05, 0.1) is 38.5 Å². The fraction of sp³-hybridized carbons (Fsp3) is 0.583. The summed E-state index contributed by atoms with van der Waals surface area (Å²) in [4.78, 5) is 17.3. The van der Waals surface area contributed by atoms with Crippen molar-refractivity contribution in [2.24, 2.45) is 0 Å². The SMILES string of the molecule is CC(C)(C)[Si](C)(C)C(O)CN1CCC[C@@H]1COc1nc2c(c(N3CCN[C@@H](CC#N)C3)n1)CCN(c1cccc3ccccc13)C2. The van der Waals surface area contributed by atoms with Crippen LogP contribution in [0.15, 0.2) is 42.5 Å². The number of aromatic nitrogens is 2. The van der Waals surface area contributed by atoms with Crippen molar-refractivity contribution < 1.29 is 9.84 Å². The number of nitriles is 1. The van der Waals surface area contributed by atoms with Crippen LogP contribution in [0.3, 0.4) is 0 Å². The van der Waals surface area contributed by atoms with E-state index in [1.165, 1.54) is 22.0 Å². The second-order valence-electron chi connectivity index (χ2n) is 15.0. The van der Waals surface area contributed by atoms with Gasteiger partial charge in [-0.3, -0.25) is 4.90 Å². The van der Waals surface area contributed by atoms with E-state index in [2.05, 4.69) is 102 Å². The number of β-amino-alcohol motifs (C(OH)–C–C–N with tert-alkyl or cyclic N) is 1. The molecule has 1 unspecified atom stereocenters. The number of likely N-dealkylation sites (tertiary alicyclic amines) is 1. The van der Waals surface area contributed by atoms with Crippen LogP contribution in [0.2, 0.25) is 18.1 Å². The van der Waals surface area contributed by atoms with Crippen LogP contribution in [0, 0.1) is 11.3 Å². The fourth-order valence-corrected chi connectivity index (χ4v) is 8.80. The Morgan fingerprint density at radius 3 is 2.70 bits per heavy atom. The molecule has 2 saturated heterocycles. The molecule has 4 heterocycles. The second kappa shape index (κ2) is 13.5. The normalized spacial score (nSPS) is 21.7. The summed E-state index contributed by atoms with van der Waals surface area (Å²) in [7, 11) is -1.89. The molecule has 10 heteroatoms. The molecule has 2 fully saturated rings. The number of hydrogen-bond donors (Lipinski definition) is 2. The van der Waals surface area contributed by atoms with Crippen LogP contribution in [0.4, 0.5) is 11.5 Å². The number of aliphatic hydroxyl groups excluding tert-OH is 1. The predicted molar refractivity (Wildman–Crippen MR) is 188 cm³/mol. The molecular weight excluding hydrogens is 591 g/mol. The van der Waals surface area contributed by atoms with E-state index in [4.69, 9.17) is 14.7 Å². The van der Waals surface area contributed by atoms with Gasteiger partial charge in [0.15, 0.2) is 0 Å². The van der Waals surface area contributed by atoms with Gasteiger partial charge in [-0.05, 0) is 42.3 Å². The molecule has 0 radical (unpaired) electrons. The molecule has 3 atom stereocenters. The zero-order valence-corrected chi connectivity index (χ0v) is 29.3. The summed E-state index contributed by atoms with van der Waals surface area (Å²) in [5, 5.41) is 26.8. The molecule has 0 amide bonds. The molecule has 9 nitrogen and oxygen atoms in total. The molecule has 0 aliphatic carbocycles. The number of fused-ring (bicyclic) bond motifs is 2. The minimum absolute atomic E-state index is 0.115. The topological polar surface area (TPSA) is 101 Å². The van der Waals surface area contributed by atoms with Crippen molar-refractivity contribution in [3.05, 3.63) is 53.7 Å². The highest BCUT2D eigenvalue weighted by Gasteiger charge is 2.43. The third-order valence-electron chi connectivity index (χ3n) is 11.1. The first-order chi connectivity index (χ1) is 22.0. The van der Waals surface area contributed by atoms with Crippen LogP contribution in [0.25, 0.3) is 10.8 Å². The Bertz CT molecular complexity index is 1560. The largest absolute Gasteiger partial charge is 0.462 e. The highest BCUT2D eigenvalue weighted by Crippen LogP contribution is 2.39. The Hall–Kier alpha value is -3.23. The lowest BCUT2D eigenvalue weighted by atomic mass is 10.0. The van der Waals surface area contributed by atoms with Crippen molar-refractivity contribution in [2.45, 2.75) is 88.9 Å². The molecule has 3 aliphatic heterocycles. The van der Waals surface area contributed by atoms with Crippen LogP contribution < -0.4 is 19.9 Å². The zero-order valence-electron chi connectivity index (χ0n) is 28.3. The molecule has 0 saturated carbocycles. The highest BCUT2D eigenvalue weighted by atomic mass is 28.3. The molecule has 3 aliphatic rings. The van der Waals surface area contributed by atoms with Gasteiger partial charge in [0.25, 0.3) is 0 Å². The Morgan fingerprint density at radius 1 is 1.09 bits per heavy atom. The monoisotopic (exact) mass is 641 g/mol. The van der Waals surface area contributed by atoms with Gasteiger partial charge in [-0.15, -0.1) is 0 Å². The molecule has 1 aromatic heterocycles. The van der Waals surface area contributed by atoms with Gasteiger partial charge in [-0.1, -0.05) is 70.3 Å². The molecule has 6 rings (SSSR count). The van der Waals surface area contributed by atoms with Crippen LogP contribution in [0.5, 0.6) is 6.01 Å². The van der Waals surface area contributed by atoms with Crippen molar-refractivity contribution >= 4 is 30.4 Å². The summed E-state index contributed by atoms with van der Waals surface area (Å²) in [6.07, 6.45) is 3.48. The van der Waals surface area contributed by atoms with Crippen LogP contribution in [-0.2, 0) is 13.0 Å². The second-order valence-corrected chi connectivity index (χ2v) is 20.6. The number of piperazine rings is 1. The van der Waals surface area contributed by atoms with Crippen LogP contribution >= 0.6 is 0 Å². The van der Waals surface area contributed by atoms with Crippen LogP contribution in [0.1, 0.15) is 51.3 Å². The van der Waals surface area contributed by atoms with Gasteiger partial charge < -0.3 is 25.0 Å². The molecule has 0 spiro atoms. The van der Waals surface area contributed by atoms with E-state index in [0.717, 1.165) is 63.5 Å². The summed E-state index contributed by atoms with van der Waals surface area (Å²) < 4.78 is 6.49. The predicted octanol–water partition coefficient (Wildman–Crippen LogP) is 5.14. The maximum atomic E-state index is 11.4. The number of nitrogens with zero attached hydrogens (tertiary/aromatic N) is 6. The van der Waals surface area contributed by atoms with Gasteiger partial charge >= 0.3 is 6.01 Å². The van der Waals surface area contributed by atoms with Gasteiger partial charge in [0.2, 0.25) is 0 Å². The lowest BCUT2D eigenvalue weighted by Crippen LogP contribution is -2.55. The molecule has 3 aromatic rings. The van der Waals surface area contributed by atoms with Crippen molar-refractivity contribution in [1.82, 2.24) is 20.2 Å². The number of anilines is 2. The average Bonchev–Trinajstić information content (AvgIpc) is 3.49. The Balaban J connectivity index is 1.25. The average molecular weight is 642 g/mol. The van der Waals surface area contributed by atoms with E-state index in [9.17, 15) is 10.4 Å². The number of nitrogens with one attached hydrogen (secondary N) is 1. The summed E-state index contributed by atoms with van der Waals surface area (Å²) in [5.74, 6) is 0.957. The Kier molecular flexibility index (Phi) is 9.58. The van der Waals surface area contributed by atoms with Crippen molar-refractivity contribution in [2.75, 3.05) is 55.7 Å². The minimum Gasteiger partial charge on any atom is -0.462 e. The number of benzene rings is 2. The first-order valence-electron chi connectivity index (χ1n) is 17.1. The number of hydrogen-bond acceptors (Lipinski definition) is 9. The highest BCUT2D eigenvalue weighted by molar-refractivity contribution is 6.81. The summed E-state index contributed by atoms with van der Waals surface area (Å²) in [5.41, 5.74) is 3.14. The molecule has 2 aromatic carbocycles. The molecule has 246 valence electrons. The Morgan fingerprint density at radius 2 is 1.89 bits per heavy atom. The number of ether oxygens (including phenoxy) is 1. The maximum absolute atomic E-state index is 11.4. The fourth-order valence-electron chi connectivity index (χ4n) is 7.11. The van der Waals surface area contributed by atoms with E-state index < -0.39 is 8.07 Å². The smallest absolute Gasteiger partial charge is 0.318 e. The van der Waals surface area contributed by atoms with Crippen molar-refractivity contribution in [3.8, 4) is 12.1 Å². The standard InChI is InChI=1S/C36H51N7O2Si/c1-36(2,3)46(4,5)33(44)24-41-19-9-12-28(41)25-45-35-39-31-23-42(32-14-8-11-26-10-6-7-13-29(26)32)20-16-30(31)34(40-35)43-21-18-38-27(22-43)15-17-37/h6-8,10-11,13-14,27-28,33,38,44H,9,12,15-16,18-25H2,1-5H3/t27-,28+,33?/m0/s1. The van der Waals surface area contributed by atoms with E-state index in [1.54, 1.807) is 0 Å². The Labute approximate surface area is 275 Å². The molecule has 0 bridgehead atoms. The summed E-state index contributed by atoms with van der Waals surface area (Å²) in [6.45, 7) is 17.6. The zero-order chi connectivity index (χ0) is 32.5. The third-order valence-corrected chi connectivity index (χ3v) is 16.8. The van der Waals surface area contributed by atoms with E-state index in [0.29, 0.717) is 32.1 Å². The minimum atomic E-state index is -1.89. The molecule has 46 heavy (non-hydrogen) atoms. The van der Waals surface area contributed by atoms with Gasteiger partial charge in [0.1, 0.15) is 12.4 Å². The summed E-state index contributed by atoms with van der Waals surface area (Å²) >= 11 is 0. The van der Waals surface area contributed by atoms with Gasteiger partial charge in [-0.2, -0.15) is 15.2 Å². The lowest BCUT2D eigenvalue weighted by Gasteiger charge is -2.42. The quantitative estimate of drug-likeness (QED) is 0.308. The first kappa shape index (κ1) is 32.7. The summed E-state index contributed by atoms with van der Waals surface area (Å²) in [6, 6.07) is 18.2. The number of aliphatic hydroxyl groups is 1. The lowest BCUT2D eigenvalue weighted by molar-refractivity contribution is 0.118. The third kappa shape index (κ3) is 6.74. The van der Waals surface area contributed by atoms with Gasteiger partial charge in [0, 0.05) is 61.4 Å². The van der Waals surface area contributed by atoms with E-state index in [-0.39, 0.29) is 22.8 Å². The van der Waals surface area contributed by atoms with Crippen molar-refractivity contribution in [1.29, 1.82) is 5.26 Å². The van der Waals surface area contributed by atoms with Gasteiger partial charge in [-0.25, -0.2) is 0 Å².